The van der Waals surface area contributed by atoms with Gasteiger partial charge in [-0.3, -0.25) is 9.78 Å². The first kappa shape index (κ1) is 32.2. The van der Waals surface area contributed by atoms with Crippen LogP contribution >= 0.6 is 11.3 Å². The van der Waals surface area contributed by atoms with Crippen LogP contribution in [0.4, 0.5) is 19.0 Å². The van der Waals surface area contributed by atoms with Crippen molar-refractivity contribution < 1.29 is 27.1 Å². The molecule has 2 N–H and O–H groups in total. The first-order valence-electron chi connectivity index (χ1n) is 17.5. The topological polar surface area (TPSA) is 126 Å². The van der Waals surface area contributed by atoms with Crippen molar-refractivity contribution in [3.8, 4) is 27.6 Å². The fraction of sp³-hybridized carbons (Fsp3) is 0.308. The number of amides is 1. The molecule has 10 nitrogen and oxygen atoms in total. The van der Waals surface area contributed by atoms with Gasteiger partial charge in [-0.15, -0.1) is 16.4 Å². The van der Waals surface area contributed by atoms with Crippen molar-refractivity contribution in [1.29, 1.82) is 0 Å². The third-order valence-electron chi connectivity index (χ3n) is 11.3. The second-order valence-corrected chi connectivity index (χ2v) is 15.5. The minimum absolute atomic E-state index is 0.00683. The molecular formula is C39H31F3N6O4S. The summed E-state index contributed by atoms with van der Waals surface area (Å²) in [6.45, 7) is 2.50. The molecule has 7 heterocycles. The van der Waals surface area contributed by atoms with Gasteiger partial charge in [0, 0.05) is 34.7 Å². The van der Waals surface area contributed by atoms with Crippen molar-refractivity contribution in [2.45, 2.75) is 56.8 Å². The number of halogens is 3. The van der Waals surface area contributed by atoms with E-state index in [2.05, 4.69) is 15.5 Å². The van der Waals surface area contributed by atoms with Crippen LogP contribution in [0, 0.1) is 24.5 Å². The molecule has 6 aromatic rings. The van der Waals surface area contributed by atoms with Crippen LogP contribution in [0.1, 0.15) is 63.0 Å². The Balaban J connectivity index is 1.16. The molecule has 4 aromatic heterocycles. The van der Waals surface area contributed by atoms with Crippen molar-refractivity contribution in [3.63, 3.8) is 0 Å². The third-order valence-corrected chi connectivity index (χ3v) is 12.5. The molecule has 2 bridgehead atoms. The number of thiophene rings is 1. The molecule has 1 amide bonds. The summed E-state index contributed by atoms with van der Waals surface area (Å²) in [5.74, 6) is -0.837. The number of nitrogens with one attached hydrogen (secondary N) is 2. The number of hydrogen-bond donors (Lipinski definition) is 2. The number of ether oxygens (including phenoxy) is 1. The number of carbonyl (C=O) groups is 1. The van der Waals surface area contributed by atoms with Crippen LogP contribution in [0.25, 0.3) is 32.0 Å². The van der Waals surface area contributed by atoms with Gasteiger partial charge in [0.15, 0.2) is 11.6 Å². The van der Waals surface area contributed by atoms with Crippen LogP contribution in [0.2, 0.25) is 0 Å². The number of nitrogens with zero attached hydrogens (tertiary/aromatic N) is 4. The molecule has 2 saturated heterocycles. The van der Waals surface area contributed by atoms with Crippen LogP contribution in [-0.2, 0) is 24.8 Å². The van der Waals surface area contributed by atoms with E-state index in [0.717, 1.165) is 34.2 Å². The maximum atomic E-state index is 15.8. The molecule has 2 atom stereocenters. The highest BCUT2D eigenvalue weighted by Gasteiger charge is 2.65. The second kappa shape index (κ2) is 11.5. The maximum absolute atomic E-state index is 15.8. The molecule has 1 spiro atoms. The fourth-order valence-corrected chi connectivity index (χ4v) is 10.2. The molecule has 2 aliphatic carbocycles. The Morgan fingerprint density at radius 1 is 1.06 bits per heavy atom. The summed E-state index contributed by atoms with van der Waals surface area (Å²) in [5.41, 5.74) is 4.95. The van der Waals surface area contributed by atoms with Crippen LogP contribution in [0.5, 0.6) is 5.75 Å². The number of fused-ring (bicyclic) bond motifs is 3. The van der Waals surface area contributed by atoms with Crippen molar-refractivity contribution in [3.05, 3.63) is 110 Å². The van der Waals surface area contributed by atoms with Gasteiger partial charge in [0.2, 0.25) is 0 Å². The number of methoxy groups -OCH3 is 1. The zero-order valence-corrected chi connectivity index (χ0v) is 29.4. The van der Waals surface area contributed by atoms with Gasteiger partial charge in [-0.25, -0.2) is 28.0 Å². The van der Waals surface area contributed by atoms with E-state index < -0.39 is 29.3 Å². The van der Waals surface area contributed by atoms with Gasteiger partial charge in [0.05, 0.1) is 45.9 Å². The number of hydrogen-bond acceptors (Lipinski definition) is 9. The SMILES string of the molecule is COc1c(F)ccc2c1C[C@@H](F)[C@@H]2Nc1nc(C)cc2cc(-c3c4c(nc(CCc5ccc(F)cc5)c3-c3n[nH]c(=O)o3)C35CC(CN3C4=O)C5)sc12. The number of aryl methyl sites for hydroxylation is 3. The minimum Gasteiger partial charge on any atom is -0.493 e. The summed E-state index contributed by atoms with van der Waals surface area (Å²) in [6, 6.07) is 12.2. The lowest BCUT2D eigenvalue weighted by Gasteiger charge is -2.37. The molecule has 3 fully saturated rings. The van der Waals surface area contributed by atoms with Gasteiger partial charge >= 0.3 is 5.76 Å². The van der Waals surface area contributed by atoms with Crippen LogP contribution in [0.3, 0.4) is 0 Å². The predicted molar refractivity (Wildman–Crippen MR) is 191 cm³/mol. The van der Waals surface area contributed by atoms with Gasteiger partial charge in [-0.1, -0.05) is 18.2 Å². The summed E-state index contributed by atoms with van der Waals surface area (Å²) < 4.78 is 55.7. The Labute approximate surface area is 304 Å². The summed E-state index contributed by atoms with van der Waals surface area (Å²) in [5, 5.41) is 10.8. The zero-order valence-electron chi connectivity index (χ0n) is 28.6. The Kier molecular flexibility index (Phi) is 6.98. The molecule has 0 unspecified atom stereocenters. The van der Waals surface area contributed by atoms with E-state index in [-0.39, 0.29) is 29.8 Å². The largest absolute Gasteiger partial charge is 0.493 e. The van der Waals surface area contributed by atoms with E-state index in [1.54, 1.807) is 18.2 Å². The predicted octanol–water partition coefficient (Wildman–Crippen LogP) is 7.20. The Morgan fingerprint density at radius 2 is 1.87 bits per heavy atom. The molecule has 268 valence electrons. The second-order valence-electron chi connectivity index (χ2n) is 14.4. The Bertz CT molecular complexity index is 2580. The van der Waals surface area contributed by atoms with E-state index in [4.69, 9.17) is 19.1 Å². The lowest BCUT2D eigenvalue weighted by atomic mass is 9.71. The van der Waals surface area contributed by atoms with Crippen molar-refractivity contribution in [1.82, 2.24) is 25.1 Å². The van der Waals surface area contributed by atoms with Gasteiger partial charge in [-0.05, 0) is 85.4 Å². The summed E-state index contributed by atoms with van der Waals surface area (Å²) >= 11 is 1.38. The number of benzene rings is 2. The van der Waals surface area contributed by atoms with Gasteiger partial charge < -0.3 is 19.4 Å². The first-order chi connectivity index (χ1) is 25.6. The van der Waals surface area contributed by atoms with E-state index in [1.807, 2.05) is 24.0 Å². The van der Waals surface area contributed by atoms with E-state index in [0.29, 0.717) is 75.2 Å². The standard InChI is InChI=1S/C39H31F3N6O4S/c1-17-11-20-12-27(53-33(20)35(43-17)45-31-22-8-9-24(41)32(51-2)23(22)13-25(31)42)29-28(36-46-47-38(50)52-36)26(10-5-18-3-6-21(40)7-4-18)44-34-30(29)37(49)48-16-19-14-39(34,48)15-19/h3-4,6-9,11-12,19,25,31H,5,10,13-16H2,1-2H3,(H,43,45)(H,47,50)/t19?,25-,31-,39?/m1/s1. The van der Waals surface area contributed by atoms with Crippen molar-refractivity contribution in [2.75, 3.05) is 19.0 Å². The highest BCUT2D eigenvalue weighted by molar-refractivity contribution is 7.23. The van der Waals surface area contributed by atoms with Crippen molar-refractivity contribution >= 4 is 33.1 Å². The molecule has 3 aliphatic heterocycles. The smallest absolute Gasteiger partial charge is 0.434 e. The number of anilines is 1. The number of aromatic amines is 1. The molecule has 11 rings (SSSR count). The maximum Gasteiger partial charge on any atom is 0.434 e. The van der Waals surface area contributed by atoms with Gasteiger partial charge in [0.25, 0.3) is 11.8 Å². The van der Waals surface area contributed by atoms with Gasteiger partial charge in [0.1, 0.15) is 17.8 Å². The van der Waals surface area contributed by atoms with E-state index >= 15 is 4.39 Å². The van der Waals surface area contributed by atoms with Crippen LogP contribution < -0.4 is 15.8 Å². The quantitative estimate of drug-likeness (QED) is 0.168. The van der Waals surface area contributed by atoms with Crippen molar-refractivity contribution in [2.24, 2.45) is 5.92 Å². The number of rotatable bonds is 8. The molecule has 53 heavy (non-hydrogen) atoms. The lowest BCUT2D eigenvalue weighted by molar-refractivity contribution is 0.0637. The Morgan fingerprint density at radius 3 is 2.62 bits per heavy atom. The monoisotopic (exact) mass is 736 g/mol. The van der Waals surface area contributed by atoms with Crippen LogP contribution in [0.15, 0.2) is 57.7 Å². The molecule has 5 aliphatic rings. The molecule has 2 aromatic carbocycles. The summed E-state index contributed by atoms with van der Waals surface area (Å²) in [4.78, 5) is 39.5. The Hall–Kier alpha value is -5.50. The number of H-pyrrole nitrogens is 1. The fourth-order valence-electron chi connectivity index (χ4n) is 9.06. The number of carbonyl (C=O) groups excluding carboxylic acids is 1. The van der Waals surface area contributed by atoms with Gasteiger partial charge in [-0.2, -0.15) is 0 Å². The number of aromatic nitrogens is 4. The average molecular weight is 737 g/mol. The molecule has 1 saturated carbocycles. The summed E-state index contributed by atoms with van der Waals surface area (Å²) in [6.07, 6.45) is 1.19. The molecule has 14 heteroatoms. The zero-order chi connectivity index (χ0) is 36.3. The highest BCUT2D eigenvalue weighted by Crippen LogP contribution is 2.63. The normalized spacial score (nSPS) is 22.2. The first-order valence-corrected chi connectivity index (χ1v) is 18.3. The average Bonchev–Trinajstić information content (AvgIpc) is 3.97. The minimum atomic E-state index is -1.37. The number of pyridine rings is 2. The number of alkyl halides is 1. The lowest BCUT2D eigenvalue weighted by Crippen LogP contribution is -2.40. The molecular weight excluding hydrogens is 706 g/mol. The molecule has 0 radical (unpaired) electrons. The van der Waals surface area contributed by atoms with E-state index in [9.17, 15) is 18.4 Å². The van der Waals surface area contributed by atoms with Crippen LogP contribution in [-0.4, -0.2) is 50.8 Å². The third kappa shape index (κ3) is 4.73. The highest BCUT2D eigenvalue weighted by atomic mass is 32.1. The van der Waals surface area contributed by atoms with E-state index in [1.165, 1.54) is 36.6 Å². The summed E-state index contributed by atoms with van der Waals surface area (Å²) in [7, 11) is 1.37.